The number of nitrogens with zero attached hydrogens (tertiary/aromatic N) is 1. The van der Waals surface area contributed by atoms with Gasteiger partial charge in [0.05, 0.1) is 5.57 Å². The first-order chi connectivity index (χ1) is 9.34. The summed E-state index contributed by atoms with van der Waals surface area (Å²) in [5, 5.41) is 40.5. The number of aliphatic hydroxyl groups is 4. The fourth-order valence-corrected chi connectivity index (χ4v) is 2.20. The van der Waals surface area contributed by atoms with Gasteiger partial charge < -0.3 is 35.4 Å². The van der Waals surface area contributed by atoms with Crippen LogP contribution < -0.4 is 5.32 Å². The Kier molecular flexibility index (Phi) is 3.97. The van der Waals surface area contributed by atoms with E-state index in [0.29, 0.717) is 0 Å². The Morgan fingerprint density at radius 2 is 2.20 bits per heavy atom. The van der Waals surface area contributed by atoms with E-state index >= 15 is 0 Å². The first-order valence-electron chi connectivity index (χ1n) is 5.62. The zero-order chi connectivity index (χ0) is 15.1. The van der Waals surface area contributed by atoms with E-state index in [-0.39, 0.29) is 10.6 Å². The summed E-state index contributed by atoms with van der Waals surface area (Å²) < 4.78 is 18.8. The fourth-order valence-electron chi connectivity index (χ4n) is 1.98. The van der Waals surface area contributed by atoms with Crippen molar-refractivity contribution < 1.29 is 29.6 Å². The van der Waals surface area contributed by atoms with Crippen LogP contribution in [-0.4, -0.2) is 67.6 Å². The standard InChI is InChI=1S/C11H13FN2O5S/c1-2-5-3-14(10(18)13-8(5)20)9-6(16)7(17)11(12,4-15)19-9/h1,3,6-7,9-10,15-18H,4H2,(H,13,20)/t6-,7+,9-,10?,11-/m1/s1. The Morgan fingerprint density at radius 1 is 1.55 bits per heavy atom. The van der Waals surface area contributed by atoms with Crippen LogP contribution in [0.1, 0.15) is 0 Å². The smallest absolute Gasteiger partial charge is 0.263 e. The van der Waals surface area contributed by atoms with Crippen molar-refractivity contribution in [1.82, 2.24) is 10.2 Å². The van der Waals surface area contributed by atoms with Crippen molar-refractivity contribution in [2.75, 3.05) is 6.61 Å². The van der Waals surface area contributed by atoms with Gasteiger partial charge in [-0.05, 0) is 0 Å². The van der Waals surface area contributed by atoms with Gasteiger partial charge in [-0.2, -0.15) is 0 Å². The maximum Gasteiger partial charge on any atom is 0.263 e. The predicted molar refractivity (Wildman–Crippen MR) is 68.3 cm³/mol. The third kappa shape index (κ3) is 2.26. The van der Waals surface area contributed by atoms with E-state index in [1.165, 1.54) is 6.20 Å². The molecule has 0 aliphatic carbocycles. The van der Waals surface area contributed by atoms with E-state index in [1.807, 2.05) is 0 Å². The molecule has 0 saturated carbocycles. The Balaban J connectivity index is 2.30. The lowest BCUT2D eigenvalue weighted by atomic mass is 10.1. The van der Waals surface area contributed by atoms with Gasteiger partial charge in [-0.1, -0.05) is 18.1 Å². The molecule has 2 aliphatic heterocycles. The van der Waals surface area contributed by atoms with Crippen molar-refractivity contribution in [2.45, 2.75) is 30.6 Å². The summed E-state index contributed by atoms with van der Waals surface area (Å²) in [6, 6.07) is 0. The van der Waals surface area contributed by atoms with E-state index in [0.717, 1.165) is 4.90 Å². The highest BCUT2D eigenvalue weighted by atomic mass is 32.1. The average Bonchev–Trinajstić information content (AvgIpc) is 2.64. The molecule has 1 fully saturated rings. The first kappa shape index (κ1) is 15.1. The predicted octanol–water partition coefficient (Wildman–Crippen LogP) is -2.25. The molecule has 20 heavy (non-hydrogen) atoms. The number of alkyl halides is 1. The van der Waals surface area contributed by atoms with Crippen LogP contribution in [0.15, 0.2) is 11.8 Å². The van der Waals surface area contributed by atoms with Crippen molar-refractivity contribution in [1.29, 1.82) is 0 Å². The Bertz CT molecular complexity index is 496. The van der Waals surface area contributed by atoms with Crippen LogP contribution in [0.25, 0.3) is 0 Å². The summed E-state index contributed by atoms with van der Waals surface area (Å²) in [5.74, 6) is -0.577. The van der Waals surface area contributed by atoms with Crippen LogP contribution in [0.4, 0.5) is 4.39 Å². The number of ether oxygens (including phenoxy) is 1. The maximum absolute atomic E-state index is 14.0. The zero-order valence-electron chi connectivity index (χ0n) is 10.1. The van der Waals surface area contributed by atoms with Gasteiger partial charge in [0, 0.05) is 6.20 Å². The van der Waals surface area contributed by atoms with E-state index < -0.39 is 37.2 Å². The summed E-state index contributed by atoms with van der Waals surface area (Å²) in [6.45, 7) is -1.15. The lowest BCUT2D eigenvalue weighted by Crippen LogP contribution is -2.56. The van der Waals surface area contributed by atoms with Gasteiger partial charge in [0.15, 0.2) is 6.23 Å². The van der Waals surface area contributed by atoms with Crippen LogP contribution in [0.5, 0.6) is 0 Å². The van der Waals surface area contributed by atoms with Crippen LogP contribution in [0.2, 0.25) is 0 Å². The Morgan fingerprint density at radius 3 is 2.70 bits per heavy atom. The minimum atomic E-state index is -2.83. The van der Waals surface area contributed by atoms with Crippen LogP contribution in [0, 0.1) is 12.3 Å². The van der Waals surface area contributed by atoms with Crippen LogP contribution in [0.3, 0.4) is 0 Å². The van der Waals surface area contributed by atoms with Crippen molar-refractivity contribution >= 4 is 17.2 Å². The van der Waals surface area contributed by atoms with Crippen molar-refractivity contribution in [3.05, 3.63) is 11.8 Å². The van der Waals surface area contributed by atoms with Gasteiger partial charge in [0.1, 0.15) is 23.8 Å². The second kappa shape index (κ2) is 5.25. The quantitative estimate of drug-likeness (QED) is 0.288. The lowest BCUT2D eigenvalue weighted by Gasteiger charge is -2.37. The summed E-state index contributed by atoms with van der Waals surface area (Å²) in [7, 11) is 0. The van der Waals surface area contributed by atoms with Gasteiger partial charge in [0.2, 0.25) is 6.35 Å². The first-order valence-corrected chi connectivity index (χ1v) is 6.03. The molecule has 0 aromatic rings. The molecule has 9 heteroatoms. The largest absolute Gasteiger partial charge is 0.390 e. The van der Waals surface area contributed by atoms with Crippen molar-refractivity contribution in [2.24, 2.45) is 0 Å². The van der Waals surface area contributed by atoms with E-state index in [2.05, 4.69) is 11.2 Å². The Labute approximate surface area is 119 Å². The van der Waals surface area contributed by atoms with Gasteiger partial charge in [0.25, 0.3) is 5.85 Å². The number of hydrogen-bond donors (Lipinski definition) is 5. The SMILES string of the molecule is C#CC1=CN([C@@H]2O[C@](F)(CO)[C@@H](O)[C@H]2O)C(O)NC1=S. The summed E-state index contributed by atoms with van der Waals surface area (Å²) >= 11 is 4.88. The minimum Gasteiger partial charge on any atom is -0.390 e. The molecule has 7 nitrogen and oxygen atoms in total. The monoisotopic (exact) mass is 304 g/mol. The third-order valence-electron chi connectivity index (χ3n) is 3.10. The normalized spacial score (nSPS) is 41.1. The van der Waals surface area contributed by atoms with Gasteiger partial charge in [-0.3, -0.25) is 0 Å². The molecule has 2 aliphatic rings. The molecular weight excluding hydrogens is 291 g/mol. The molecule has 5 atom stereocenters. The highest BCUT2D eigenvalue weighted by Gasteiger charge is 2.57. The highest BCUT2D eigenvalue weighted by Crippen LogP contribution is 2.35. The topological polar surface area (TPSA) is 105 Å². The molecule has 2 heterocycles. The second-order valence-electron chi connectivity index (χ2n) is 4.37. The fraction of sp³-hybridized carbons (Fsp3) is 0.545. The molecule has 1 saturated heterocycles. The molecule has 0 bridgehead atoms. The number of hydrogen-bond acceptors (Lipinski definition) is 7. The molecule has 0 spiro atoms. The maximum atomic E-state index is 14.0. The molecule has 0 radical (unpaired) electrons. The van der Waals surface area contributed by atoms with E-state index in [9.17, 15) is 19.7 Å². The molecule has 0 aromatic heterocycles. The van der Waals surface area contributed by atoms with Crippen molar-refractivity contribution in [3.8, 4) is 12.3 Å². The minimum absolute atomic E-state index is 0.109. The number of thiocarbonyl (C=S) groups is 1. The molecule has 0 aromatic carbocycles. The third-order valence-corrected chi connectivity index (χ3v) is 3.44. The van der Waals surface area contributed by atoms with Crippen LogP contribution >= 0.6 is 12.2 Å². The average molecular weight is 304 g/mol. The summed E-state index contributed by atoms with van der Waals surface area (Å²) in [4.78, 5) is 1.08. The molecule has 2 rings (SSSR count). The zero-order valence-corrected chi connectivity index (χ0v) is 10.9. The molecule has 0 amide bonds. The summed E-state index contributed by atoms with van der Waals surface area (Å²) in [5.41, 5.74) is 0.191. The molecular formula is C11H13FN2O5S. The highest BCUT2D eigenvalue weighted by molar-refractivity contribution is 7.80. The molecule has 110 valence electrons. The lowest BCUT2D eigenvalue weighted by molar-refractivity contribution is -0.225. The van der Waals surface area contributed by atoms with Crippen molar-refractivity contribution in [3.63, 3.8) is 0 Å². The number of aliphatic hydroxyl groups excluding tert-OH is 4. The molecule has 5 N–H and O–H groups in total. The Hall–Kier alpha value is -1.28. The number of nitrogens with one attached hydrogen (secondary N) is 1. The number of rotatable bonds is 2. The summed E-state index contributed by atoms with van der Waals surface area (Å²) in [6.07, 6.45) is -0.124. The van der Waals surface area contributed by atoms with E-state index in [1.54, 1.807) is 0 Å². The molecule has 1 unspecified atom stereocenters. The van der Waals surface area contributed by atoms with E-state index in [4.69, 9.17) is 28.5 Å². The van der Waals surface area contributed by atoms with Crippen LogP contribution in [-0.2, 0) is 4.74 Å². The van der Waals surface area contributed by atoms with Gasteiger partial charge >= 0.3 is 0 Å². The number of halogens is 1. The number of terminal acetylenes is 1. The van der Waals surface area contributed by atoms with Gasteiger partial charge in [-0.25, -0.2) is 4.39 Å². The van der Waals surface area contributed by atoms with Gasteiger partial charge in [-0.15, -0.1) is 6.42 Å². The second-order valence-corrected chi connectivity index (χ2v) is 4.78.